The minimum Gasteiger partial charge on any atom is -0.461 e. The van der Waals surface area contributed by atoms with Gasteiger partial charge in [0, 0.05) is 12.3 Å². The van der Waals surface area contributed by atoms with Gasteiger partial charge in [-0.3, -0.25) is 0 Å². The van der Waals surface area contributed by atoms with E-state index in [9.17, 15) is 9.59 Å². The maximum atomic E-state index is 12.7. The lowest BCUT2D eigenvalue weighted by molar-refractivity contribution is -0.156. The van der Waals surface area contributed by atoms with Gasteiger partial charge in [0.05, 0.1) is 6.61 Å². The number of rotatable bonds is 6. The van der Waals surface area contributed by atoms with Crippen LogP contribution in [-0.4, -0.2) is 30.8 Å². The summed E-state index contributed by atoms with van der Waals surface area (Å²) in [7, 11) is 0. The highest BCUT2D eigenvalue weighted by Gasteiger charge is 2.53. The summed E-state index contributed by atoms with van der Waals surface area (Å²) >= 11 is 0. The number of nitrogens with one attached hydrogen (secondary N) is 1. The number of fused-ring (bicyclic) bond motifs is 1. The van der Waals surface area contributed by atoms with E-state index >= 15 is 0 Å². The normalized spacial score (nSPS) is 28.4. The molecule has 1 aromatic rings. The summed E-state index contributed by atoms with van der Waals surface area (Å²) in [5.74, 6) is 0.106. The molecular formula is C20H27NO4. The molecule has 0 unspecified atom stereocenters. The molecule has 0 heterocycles. The third-order valence-corrected chi connectivity index (χ3v) is 5.77. The van der Waals surface area contributed by atoms with Crippen LogP contribution in [0.2, 0.25) is 0 Å². The molecule has 5 heteroatoms. The number of hydrogen-bond acceptors (Lipinski definition) is 4. The summed E-state index contributed by atoms with van der Waals surface area (Å²) in [5.41, 5.74) is 1.31. The SMILES string of the molecule is CCOC(=O)N[C@@H](Cc1ccccc1)C(=O)O[C@H]1CC[C@@]2(C)CC[C@@H]12. The molecule has 3 rings (SSSR count). The van der Waals surface area contributed by atoms with E-state index in [4.69, 9.17) is 9.47 Å². The van der Waals surface area contributed by atoms with E-state index < -0.39 is 12.1 Å². The molecule has 2 fully saturated rings. The molecule has 1 aromatic carbocycles. The molecule has 0 aliphatic heterocycles. The fourth-order valence-corrected chi connectivity index (χ4v) is 4.15. The van der Waals surface area contributed by atoms with Crippen LogP contribution in [0.4, 0.5) is 4.79 Å². The van der Waals surface area contributed by atoms with Crippen molar-refractivity contribution in [2.75, 3.05) is 6.61 Å². The summed E-state index contributed by atoms with van der Waals surface area (Å²) in [6, 6.07) is 8.90. The summed E-state index contributed by atoms with van der Waals surface area (Å²) in [4.78, 5) is 24.6. The number of amides is 1. The van der Waals surface area contributed by atoms with Gasteiger partial charge in [0.25, 0.3) is 0 Å². The van der Waals surface area contributed by atoms with Gasteiger partial charge < -0.3 is 14.8 Å². The Labute approximate surface area is 149 Å². The molecule has 2 aliphatic carbocycles. The Morgan fingerprint density at radius 2 is 1.96 bits per heavy atom. The first-order valence-electron chi connectivity index (χ1n) is 9.19. The predicted octanol–water partition coefficient (Wildman–Crippen LogP) is 3.47. The molecule has 0 spiro atoms. The molecule has 0 aromatic heterocycles. The zero-order valence-electron chi connectivity index (χ0n) is 15.0. The Balaban J connectivity index is 1.65. The van der Waals surface area contributed by atoms with Crippen LogP contribution in [0.3, 0.4) is 0 Å². The molecule has 1 N–H and O–H groups in total. The predicted molar refractivity (Wildman–Crippen MR) is 94.0 cm³/mol. The minimum atomic E-state index is -0.728. The lowest BCUT2D eigenvalue weighted by Gasteiger charge is -2.43. The highest BCUT2D eigenvalue weighted by Crippen LogP contribution is 2.58. The number of benzene rings is 1. The smallest absolute Gasteiger partial charge is 0.407 e. The van der Waals surface area contributed by atoms with E-state index in [2.05, 4.69) is 12.2 Å². The second-order valence-corrected chi connectivity index (χ2v) is 7.42. The third-order valence-electron chi connectivity index (χ3n) is 5.77. The fourth-order valence-electron chi connectivity index (χ4n) is 4.15. The van der Waals surface area contributed by atoms with Gasteiger partial charge in [0.1, 0.15) is 12.1 Å². The summed E-state index contributed by atoms with van der Waals surface area (Å²) in [5, 5.41) is 2.66. The molecule has 136 valence electrons. The largest absolute Gasteiger partial charge is 0.461 e. The standard InChI is InChI=1S/C20H27NO4/c1-3-24-19(23)21-16(13-14-7-5-4-6-8-14)18(22)25-17-10-12-20(2)11-9-15(17)20/h4-8,15-17H,3,9-13H2,1-2H3,(H,21,23)/t15-,16-,17-,20+/m0/s1. The molecule has 5 nitrogen and oxygen atoms in total. The monoisotopic (exact) mass is 345 g/mol. The molecule has 25 heavy (non-hydrogen) atoms. The summed E-state index contributed by atoms with van der Waals surface area (Å²) in [6.45, 7) is 4.29. The van der Waals surface area contributed by atoms with Gasteiger partial charge >= 0.3 is 12.1 Å². The van der Waals surface area contributed by atoms with Crippen LogP contribution in [0.5, 0.6) is 0 Å². The number of hydrogen-bond donors (Lipinski definition) is 1. The van der Waals surface area contributed by atoms with Crippen molar-refractivity contribution in [2.24, 2.45) is 11.3 Å². The van der Waals surface area contributed by atoms with Crippen LogP contribution in [0.15, 0.2) is 30.3 Å². The van der Waals surface area contributed by atoms with Gasteiger partial charge in [0.2, 0.25) is 0 Å². The molecule has 0 bridgehead atoms. The number of alkyl carbamates (subject to hydrolysis) is 1. The van der Waals surface area contributed by atoms with Crippen molar-refractivity contribution >= 4 is 12.1 Å². The van der Waals surface area contributed by atoms with E-state index in [-0.39, 0.29) is 18.7 Å². The highest BCUT2D eigenvalue weighted by molar-refractivity contribution is 5.81. The van der Waals surface area contributed by atoms with Crippen LogP contribution in [0.25, 0.3) is 0 Å². The zero-order chi connectivity index (χ0) is 17.9. The number of carbonyl (C=O) groups excluding carboxylic acids is 2. The lowest BCUT2D eigenvalue weighted by Crippen LogP contribution is -2.46. The van der Waals surface area contributed by atoms with Crippen LogP contribution in [0.1, 0.15) is 45.1 Å². The average Bonchev–Trinajstić information content (AvgIpc) is 2.79. The molecule has 0 radical (unpaired) electrons. The number of carbonyl (C=O) groups is 2. The first kappa shape index (κ1) is 17.8. The molecule has 2 saturated carbocycles. The van der Waals surface area contributed by atoms with Crippen LogP contribution >= 0.6 is 0 Å². The molecule has 0 saturated heterocycles. The van der Waals surface area contributed by atoms with Crippen molar-refractivity contribution in [3.05, 3.63) is 35.9 Å². The first-order valence-corrected chi connectivity index (χ1v) is 9.19. The average molecular weight is 345 g/mol. The zero-order valence-corrected chi connectivity index (χ0v) is 15.0. The van der Waals surface area contributed by atoms with Crippen molar-refractivity contribution in [2.45, 2.75) is 58.1 Å². The molecule has 1 amide bonds. The molecule has 4 atom stereocenters. The van der Waals surface area contributed by atoms with E-state index in [1.54, 1.807) is 6.92 Å². The van der Waals surface area contributed by atoms with Gasteiger partial charge in [-0.05, 0) is 43.6 Å². The van der Waals surface area contributed by atoms with Crippen molar-refractivity contribution in [3.63, 3.8) is 0 Å². The van der Waals surface area contributed by atoms with Gasteiger partial charge in [-0.15, -0.1) is 0 Å². The summed E-state index contributed by atoms with van der Waals surface area (Å²) in [6.07, 6.45) is 4.18. The van der Waals surface area contributed by atoms with E-state index in [0.717, 1.165) is 24.8 Å². The van der Waals surface area contributed by atoms with Crippen molar-refractivity contribution in [3.8, 4) is 0 Å². The second-order valence-electron chi connectivity index (χ2n) is 7.42. The van der Waals surface area contributed by atoms with Gasteiger partial charge in [-0.2, -0.15) is 0 Å². The Morgan fingerprint density at radius 3 is 2.56 bits per heavy atom. The minimum absolute atomic E-state index is 0.0199. The van der Waals surface area contributed by atoms with Crippen molar-refractivity contribution in [1.82, 2.24) is 5.32 Å². The van der Waals surface area contributed by atoms with E-state index in [0.29, 0.717) is 17.8 Å². The quantitative estimate of drug-likeness (QED) is 0.802. The Morgan fingerprint density at radius 1 is 1.24 bits per heavy atom. The number of ether oxygens (including phenoxy) is 2. The maximum Gasteiger partial charge on any atom is 0.407 e. The van der Waals surface area contributed by atoms with Crippen LogP contribution < -0.4 is 5.32 Å². The lowest BCUT2D eigenvalue weighted by atomic mass is 9.63. The number of esters is 1. The Bertz CT molecular complexity index is 617. The Kier molecular flexibility index (Phi) is 5.30. The van der Waals surface area contributed by atoms with Gasteiger partial charge in [-0.1, -0.05) is 37.3 Å². The highest BCUT2D eigenvalue weighted by atomic mass is 16.6. The van der Waals surface area contributed by atoms with Crippen LogP contribution in [0, 0.1) is 11.3 Å². The van der Waals surface area contributed by atoms with Gasteiger partial charge in [0.15, 0.2) is 0 Å². The van der Waals surface area contributed by atoms with Crippen molar-refractivity contribution in [1.29, 1.82) is 0 Å². The fraction of sp³-hybridized carbons (Fsp3) is 0.600. The van der Waals surface area contributed by atoms with Gasteiger partial charge in [-0.25, -0.2) is 9.59 Å². The topological polar surface area (TPSA) is 64.6 Å². The van der Waals surface area contributed by atoms with E-state index in [1.807, 2.05) is 30.3 Å². The first-order chi connectivity index (χ1) is 12.0. The second kappa shape index (κ2) is 7.46. The van der Waals surface area contributed by atoms with Crippen molar-refractivity contribution < 1.29 is 19.1 Å². The third kappa shape index (κ3) is 3.97. The summed E-state index contributed by atoms with van der Waals surface area (Å²) < 4.78 is 10.8. The maximum absolute atomic E-state index is 12.7. The molecular weight excluding hydrogens is 318 g/mol. The molecule has 2 aliphatic rings. The Hall–Kier alpha value is -2.04. The van der Waals surface area contributed by atoms with E-state index in [1.165, 1.54) is 6.42 Å². The van der Waals surface area contributed by atoms with Crippen LogP contribution in [-0.2, 0) is 20.7 Å².